The summed E-state index contributed by atoms with van der Waals surface area (Å²) in [5.74, 6) is 0.370. The number of carbonyl (C=O) groups is 1. The highest BCUT2D eigenvalue weighted by Crippen LogP contribution is 2.34. The van der Waals surface area contributed by atoms with E-state index in [4.69, 9.17) is 4.74 Å². The predicted octanol–water partition coefficient (Wildman–Crippen LogP) is 2.93. The van der Waals surface area contributed by atoms with E-state index in [1.807, 2.05) is 41.3 Å². The highest BCUT2D eigenvalue weighted by atomic mass is 16.5. The van der Waals surface area contributed by atoms with Gasteiger partial charge in [-0.3, -0.25) is 14.2 Å². The van der Waals surface area contributed by atoms with Gasteiger partial charge in [0.25, 0.3) is 5.56 Å². The van der Waals surface area contributed by atoms with Crippen molar-refractivity contribution in [1.29, 1.82) is 0 Å². The van der Waals surface area contributed by atoms with Gasteiger partial charge in [0.05, 0.1) is 48.6 Å². The summed E-state index contributed by atoms with van der Waals surface area (Å²) in [5.41, 5.74) is 2.94. The minimum atomic E-state index is -1.06. The van der Waals surface area contributed by atoms with E-state index in [1.54, 1.807) is 4.68 Å². The Morgan fingerprint density at radius 3 is 2.62 bits per heavy atom. The zero-order chi connectivity index (χ0) is 28.7. The van der Waals surface area contributed by atoms with E-state index in [0.29, 0.717) is 50.2 Å². The second-order valence-corrected chi connectivity index (χ2v) is 11.6. The Morgan fingerprint density at radius 1 is 1.05 bits per heavy atom. The number of aromatic nitrogens is 4. The number of ether oxygens (including phenoxy) is 1. The number of hydrogen-bond donors (Lipinski definition) is 2. The largest absolute Gasteiger partial charge is 0.388 e. The highest BCUT2D eigenvalue weighted by Gasteiger charge is 2.39. The van der Waals surface area contributed by atoms with Gasteiger partial charge in [0.2, 0.25) is 5.91 Å². The number of nitrogens with one attached hydrogen (secondary N) is 1. The molecule has 2 N–H and O–H groups in total. The van der Waals surface area contributed by atoms with Gasteiger partial charge in [-0.25, -0.2) is 9.67 Å². The van der Waals surface area contributed by atoms with Crippen LogP contribution in [0.25, 0.3) is 16.7 Å². The molecular weight excluding hydrogens is 534 g/mol. The van der Waals surface area contributed by atoms with Gasteiger partial charge in [-0.15, -0.1) is 0 Å². The third-order valence-corrected chi connectivity index (χ3v) is 8.58. The average molecular weight is 570 g/mol. The lowest BCUT2D eigenvalue weighted by molar-refractivity contribution is -0.137. The molecule has 1 amide bonds. The monoisotopic (exact) mass is 569 g/mol. The van der Waals surface area contributed by atoms with Gasteiger partial charge in [-0.1, -0.05) is 18.2 Å². The first kappa shape index (κ1) is 26.7. The van der Waals surface area contributed by atoms with Gasteiger partial charge < -0.3 is 25.0 Å². The molecule has 2 aromatic carbocycles. The molecule has 1 aliphatic carbocycles. The highest BCUT2D eigenvalue weighted by molar-refractivity contribution is 5.81. The Balaban J connectivity index is 1.09. The van der Waals surface area contributed by atoms with Crippen molar-refractivity contribution in [3.63, 3.8) is 0 Å². The molecule has 0 spiro atoms. The molecule has 11 heteroatoms. The minimum Gasteiger partial charge on any atom is -0.388 e. The SMILES string of the molecule is O=C(C1CC1)N1CCC(O)(Cn2cnc3c(cnn3-c3cccc(Nc4ccccc4N4CCOCC4)c3)c2=O)CC1. The standard InChI is InChI=1S/C31H35N7O4/c39-29(22-8-9-22)36-12-10-31(41,11-13-36)20-37-21-32-28-25(30(37)40)19-33-38(28)24-5-3-4-23(18-24)34-26-6-1-2-7-27(26)35-14-16-42-17-15-35/h1-7,18-19,21-22,34,41H,8-17,20H2. The Hall–Kier alpha value is -4.22. The van der Waals surface area contributed by atoms with Gasteiger partial charge in [0.15, 0.2) is 5.65 Å². The third kappa shape index (κ3) is 5.25. The van der Waals surface area contributed by atoms with Crippen molar-refractivity contribution in [2.45, 2.75) is 37.8 Å². The number of likely N-dealkylation sites (tertiary alicyclic amines) is 1. The van der Waals surface area contributed by atoms with Crippen molar-refractivity contribution in [1.82, 2.24) is 24.2 Å². The van der Waals surface area contributed by atoms with Crippen molar-refractivity contribution < 1.29 is 14.6 Å². The van der Waals surface area contributed by atoms with Crippen molar-refractivity contribution in [3.8, 4) is 5.69 Å². The molecule has 218 valence electrons. The van der Waals surface area contributed by atoms with Crippen LogP contribution in [0.3, 0.4) is 0 Å². The first-order valence-corrected chi connectivity index (χ1v) is 14.7. The fourth-order valence-electron chi connectivity index (χ4n) is 5.99. The second-order valence-electron chi connectivity index (χ2n) is 11.6. The van der Waals surface area contributed by atoms with E-state index in [9.17, 15) is 14.7 Å². The number of rotatable bonds is 7. The summed E-state index contributed by atoms with van der Waals surface area (Å²) in [4.78, 5) is 34.6. The lowest BCUT2D eigenvalue weighted by Gasteiger charge is -2.38. The van der Waals surface area contributed by atoms with Gasteiger partial charge >= 0.3 is 0 Å². The van der Waals surface area contributed by atoms with Crippen molar-refractivity contribution in [2.24, 2.45) is 5.92 Å². The number of fused-ring (bicyclic) bond motifs is 1. The van der Waals surface area contributed by atoms with E-state index in [-0.39, 0.29) is 23.9 Å². The fraction of sp³-hybridized carbons (Fsp3) is 0.419. The number of anilines is 3. The molecule has 2 aliphatic heterocycles. The van der Waals surface area contributed by atoms with Crippen LogP contribution < -0.4 is 15.8 Å². The number of amides is 1. The summed E-state index contributed by atoms with van der Waals surface area (Å²) in [7, 11) is 0. The summed E-state index contributed by atoms with van der Waals surface area (Å²) in [5, 5.41) is 19.7. The molecule has 42 heavy (non-hydrogen) atoms. The second kappa shape index (κ2) is 10.9. The van der Waals surface area contributed by atoms with Gasteiger partial charge in [0.1, 0.15) is 11.7 Å². The molecule has 1 saturated carbocycles. The molecule has 0 radical (unpaired) electrons. The van der Waals surface area contributed by atoms with Crippen LogP contribution in [0.1, 0.15) is 25.7 Å². The quantitative estimate of drug-likeness (QED) is 0.349. The Morgan fingerprint density at radius 2 is 1.83 bits per heavy atom. The summed E-state index contributed by atoms with van der Waals surface area (Å²) >= 11 is 0. The Bertz CT molecular complexity index is 1660. The van der Waals surface area contributed by atoms with Crippen LogP contribution >= 0.6 is 0 Å². The molecule has 11 nitrogen and oxygen atoms in total. The molecule has 2 aromatic heterocycles. The van der Waals surface area contributed by atoms with Gasteiger partial charge in [0, 0.05) is 37.8 Å². The number of nitrogens with zero attached hydrogens (tertiary/aromatic N) is 6. The molecule has 3 fully saturated rings. The van der Waals surface area contributed by atoms with Crippen LogP contribution in [-0.2, 0) is 16.1 Å². The Labute approximate surface area is 243 Å². The molecule has 4 heterocycles. The number of piperidine rings is 1. The molecule has 0 atom stereocenters. The van der Waals surface area contributed by atoms with Crippen molar-refractivity contribution >= 4 is 34.0 Å². The average Bonchev–Trinajstić information content (AvgIpc) is 3.78. The lowest BCUT2D eigenvalue weighted by Crippen LogP contribution is -2.50. The summed E-state index contributed by atoms with van der Waals surface area (Å²) in [6.07, 6.45) is 5.84. The maximum atomic E-state index is 13.4. The van der Waals surface area contributed by atoms with Crippen molar-refractivity contribution in [3.05, 3.63) is 71.4 Å². The van der Waals surface area contributed by atoms with Crippen LogP contribution in [0.2, 0.25) is 0 Å². The fourth-order valence-corrected chi connectivity index (χ4v) is 5.99. The van der Waals surface area contributed by atoms with E-state index >= 15 is 0 Å². The first-order chi connectivity index (χ1) is 20.5. The van der Waals surface area contributed by atoms with E-state index in [2.05, 4.69) is 32.4 Å². The maximum Gasteiger partial charge on any atom is 0.264 e. The zero-order valence-corrected chi connectivity index (χ0v) is 23.5. The van der Waals surface area contributed by atoms with E-state index < -0.39 is 5.60 Å². The molecule has 0 bridgehead atoms. The molecular formula is C31H35N7O4. The Kier molecular flexibility index (Phi) is 6.91. The van der Waals surface area contributed by atoms with Crippen LogP contribution in [-0.4, -0.2) is 80.2 Å². The van der Waals surface area contributed by atoms with E-state index in [0.717, 1.165) is 48.7 Å². The number of morpholine rings is 1. The van der Waals surface area contributed by atoms with Crippen LogP contribution in [0.15, 0.2) is 65.8 Å². The number of carbonyl (C=O) groups excluding carboxylic acids is 1. The molecule has 4 aromatic rings. The summed E-state index contributed by atoms with van der Waals surface area (Å²) in [6.45, 7) is 4.26. The smallest absolute Gasteiger partial charge is 0.264 e. The van der Waals surface area contributed by atoms with Crippen LogP contribution in [0.5, 0.6) is 0 Å². The topological polar surface area (TPSA) is 118 Å². The normalized spacial score (nSPS) is 18.8. The summed E-state index contributed by atoms with van der Waals surface area (Å²) < 4.78 is 8.65. The lowest BCUT2D eigenvalue weighted by atomic mass is 9.91. The summed E-state index contributed by atoms with van der Waals surface area (Å²) in [6, 6.07) is 16.1. The molecule has 2 saturated heterocycles. The first-order valence-electron chi connectivity index (χ1n) is 14.7. The van der Waals surface area contributed by atoms with Gasteiger partial charge in [-0.05, 0) is 56.0 Å². The zero-order valence-electron chi connectivity index (χ0n) is 23.5. The van der Waals surface area contributed by atoms with Crippen molar-refractivity contribution in [2.75, 3.05) is 49.6 Å². The third-order valence-electron chi connectivity index (χ3n) is 8.58. The van der Waals surface area contributed by atoms with Crippen LogP contribution in [0.4, 0.5) is 17.1 Å². The minimum absolute atomic E-state index is 0.132. The number of para-hydroxylation sites is 2. The molecule has 7 rings (SSSR count). The number of benzene rings is 2. The van der Waals surface area contributed by atoms with E-state index in [1.165, 1.54) is 17.1 Å². The molecule has 0 unspecified atom stereocenters. The van der Waals surface area contributed by atoms with Crippen LogP contribution in [0, 0.1) is 5.92 Å². The molecule has 3 aliphatic rings. The maximum absolute atomic E-state index is 13.4. The predicted molar refractivity (Wildman–Crippen MR) is 159 cm³/mol. The van der Waals surface area contributed by atoms with Gasteiger partial charge in [-0.2, -0.15) is 5.10 Å². The number of aliphatic hydroxyl groups is 1. The number of hydrogen-bond acceptors (Lipinski definition) is 8.